The number of urea groups is 1. The van der Waals surface area contributed by atoms with Gasteiger partial charge in [-0.1, -0.05) is 35.3 Å². The van der Waals surface area contributed by atoms with Crippen molar-refractivity contribution in [1.82, 2.24) is 10.2 Å². The van der Waals surface area contributed by atoms with E-state index >= 15 is 0 Å². The van der Waals surface area contributed by atoms with Gasteiger partial charge in [0, 0.05) is 21.2 Å². The first-order valence-corrected chi connectivity index (χ1v) is 10.4. The fraction of sp³-hybridized carbons (Fsp3) is 0.174. The Morgan fingerprint density at radius 3 is 2.61 bits per heavy atom. The normalized spacial score (nSPS) is 14.4. The van der Waals surface area contributed by atoms with E-state index in [1.165, 1.54) is 13.2 Å². The van der Waals surface area contributed by atoms with Crippen LogP contribution < -0.4 is 14.8 Å². The minimum Gasteiger partial charge on any atom is -0.493 e. The summed E-state index contributed by atoms with van der Waals surface area (Å²) in [7, 11) is 1.48. The van der Waals surface area contributed by atoms with Gasteiger partial charge in [-0.25, -0.2) is 9.69 Å². The number of hydrogen-bond acceptors (Lipinski definition) is 5. The molecule has 0 bridgehead atoms. The lowest BCUT2D eigenvalue weighted by atomic mass is 10.0. The molecule has 0 radical (unpaired) electrons. The second kappa shape index (κ2) is 10.4. The molecule has 0 aliphatic carbocycles. The van der Waals surface area contributed by atoms with Crippen LogP contribution in [0.2, 0.25) is 10.0 Å². The van der Waals surface area contributed by atoms with Gasteiger partial charge in [-0.2, -0.15) is 0 Å². The molecule has 2 N–H and O–H groups in total. The number of methoxy groups -OCH3 is 1. The minimum atomic E-state index is -1.29. The molecule has 1 saturated heterocycles. The van der Waals surface area contributed by atoms with E-state index in [1.807, 2.05) is 0 Å². The van der Waals surface area contributed by atoms with E-state index in [0.717, 1.165) is 11.1 Å². The maximum atomic E-state index is 12.4. The summed E-state index contributed by atoms with van der Waals surface area (Å²) in [6.07, 6.45) is 3.56. The van der Waals surface area contributed by atoms with Crippen LogP contribution in [0.5, 0.6) is 11.5 Å². The number of allylic oxidation sites excluding steroid dienone is 1. The Balaban J connectivity index is 1.92. The van der Waals surface area contributed by atoms with Crippen molar-refractivity contribution in [2.75, 3.05) is 13.7 Å². The Hall–Kier alpha value is -3.49. The second-order valence-corrected chi connectivity index (χ2v) is 7.85. The number of hydrogen-bond donors (Lipinski definition) is 2. The number of ether oxygens (including phenoxy) is 2. The maximum absolute atomic E-state index is 12.4. The molecule has 33 heavy (non-hydrogen) atoms. The van der Waals surface area contributed by atoms with Crippen LogP contribution in [0.3, 0.4) is 0 Å². The fourth-order valence-corrected chi connectivity index (χ4v) is 3.66. The van der Waals surface area contributed by atoms with Crippen LogP contribution in [-0.2, 0) is 22.6 Å². The number of aliphatic carboxylic acids is 1. The molecule has 1 heterocycles. The van der Waals surface area contributed by atoms with Gasteiger partial charge < -0.3 is 19.9 Å². The lowest BCUT2D eigenvalue weighted by Gasteiger charge is -2.16. The summed E-state index contributed by atoms with van der Waals surface area (Å²) in [6, 6.07) is 7.70. The van der Waals surface area contributed by atoms with Crippen molar-refractivity contribution >= 4 is 47.2 Å². The summed E-state index contributed by atoms with van der Waals surface area (Å²) >= 11 is 12.2. The van der Waals surface area contributed by atoms with Gasteiger partial charge >= 0.3 is 12.0 Å². The van der Waals surface area contributed by atoms with Crippen LogP contribution in [-0.4, -0.2) is 41.6 Å². The molecule has 3 amide bonds. The van der Waals surface area contributed by atoms with Crippen molar-refractivity contribution in [1.29, 1.82) is 0 Å². The summed E-state index contributed by atoms with van der Waals surface area (Å²) in [5, 5.41) is 12.3. The zero-order valence-corrected chi connectivity index (χ0v) is 19.1. The van der Waals surface area contributed by atoms with Gasteiger partial charge in [0.2, 0.25) is 0 Å². The Morgan fingerprint density at radius 1 is 1.21 bits per heavy atom. The molecule has 0 aromatic heterocycles. The van der Waals surface area contributed by atoms with E-state index in [9.17, 15) is 14.4 Å². The first-order valence-electron chi connectivity index (χ1n) is 9.68. The number of amides is 3. The van der Waals surface area contributed by atoms with Crippen molar-refractivity contribution in [3.63, 3.8) is 0 Å². The number of carboxylic acid groups (broad SMARTS) is 1. The second-order valence-electron chi connectivity index (χ2n) is 7.00. The van der Waals surface area contributed by atoms with Crippen LogP contribution in [0.1, 0.15) is 16.7 Å². The van der Waals surface area contributed by atoms with E-state index in [0.29, 0.717) is 38.4 Å². The third-order valence-corrected chi connectivity index (χ3v) is 5.28. The lowest BCUT2D eigenvalue weighted by molar-refractivity contribution is -0.140. The minimum absolute atomic E-state index is 0.0468. The molecule has 0 saturated carbocycles. The summed E-state index contributed by atoms with van der Waals surface area (Å²) in [6.45, 7) is 3.20. The highest BCUT2D eigenvalue weighted by Crippen LogP contribution is 2.35. The van der Waals surface area contributed by atoms with Gasteiger partial charge in [0.25, 0.3) is 5.91 Å². The molecule has 1 fully saturated rings. The number of carboxylic acids is 1. The topological polar surface area (TPSA) is 105 Å². The lowest BCUT2D eigenvalue weighted by Crippen LogP contribution is -2.35. The Labute approximate surface area is 200 Å². The van der Waals surface area contributed by atoms with Crippen LogP contribution in [0, 0.1) is 0 Å². The van der Waals surface area contributed by atoms with E-state index < -0.39 is 24.5 Å². The van der Waals surface area contributed by atoms with Crippen LogP contribution >= 0.6 is 23.2 Å². The number of nitrogens with one attached hydrogen (secondary N) is 1. The number of nitrogens with zero attached hydrogens (tertiary/aromatic N) is 1. The monoisotopic (exact) mass is 490 g/mol. The first-order chi connectivity index (χ1) is 15.7. The number of carbonyl (C=O) groups is 3. The molecular formula is C23H20Cl2N2O6. The zero-order valence-electron chi connectivity index (χ0n) is 17.6. The summed E-state index contributed by atoms with van der Waals surface area (Å²) < 4.78 is 11.5. The molecule has 172 valence electrons. The highest BCUT2D eigenvalue weighted by atomic mass is 35.5. The van der Waals surface area contributed by atoms with Gasteiger partial charge in [-0.05, 0) is 42.3 Å². The maximum Gasteiger partial charge on any atom is 0.329 e. The number of halogens is 2. The Kier molecular flexibility index (Phi) is 7.63. The highest BCUT2D eigenvalue weighted by molar-refractivity contribution is 6.35. The predicted octanol–water partition coefficient (Wildman–Crippen LogP) is 4.29. The number of imide groups is 1. The average molecular weight is 491 g/mol. The molecule has 8 nitrogen and oxygen atoms in total. The first kappa shape index (κ1) is 24.2. The third-order valence-electron chi connectivity index (χ3n) is 4.69. The number of carbonyl (C=O) groups excluding carboxylic acids is 2. The molecule has 10 heteroatoms. The summed E-state index contributed by atoms with van der Waals surface area (Å²) in [5.41, 5.74) is 1.95. The number of benzene rings is 2. The van der Waals surface area contributed by atoms with Gasteiger partial charge in [-0.15, -0.1) is 6.58 Å². The smallest absolute Gasteiger partial charge is 0.329 e. The zero-order chi connectivity index (χ0) is 24.1. The molecule has 0 unspecified atom stereocenters. The fourth-order valence-electron chi connectivity index (χ4n) is 3.20. The van der Waals surface area contributed by atoms with Crippen molar-refractivity contribution in [3.8, 4) is 11.5 Å². The van der Waals surface area contributed by atoms with E-state index in [4.69, 9.17) is 37.8 Å². The van der Waals surface area contributed by atoms with Crippen LogP contribution in [0.25, 0.3) is 6.08 Å². The van der Waals surface area contributed by atoms with Gasteiger partial charge in [0.15, 0.2) is 11.5 Å². The average Bonchev–Trinajstić information content (AvgIpc) is 3.01. The summed E-state index contributed by atoms with van der Waals surface area (Å²) in [4.78, 5) is 35.9. The van der Waals surface area contributed by atoms with Gasteiger partial charge in [0.05, 0.1) is 7.11 Å². The van der Waals surface area contributed by atoms with Crippen molar-refractivity contribution in [2.45, 2.75) is 13.0 Å². The largest absolute Gasteiger partial charge is 0.493 e. The summed E-state index contributed by atoms with van der Waals surface area (Å²) in [5.74, 6) is -1.16. The van der Waals surface area contributed by atoms with Gasteiger partial charge in [0.1, 0.15) is 18.8 Å². The van der Waals surface area contributed by atoms with E-state index in [-0.39, 0.29) is 12.3 Å². The van der Waals surface area contributed by atoms with Crippen molar-refractivity contribution < 1.29 is 29.0 Å². The standard InChI is InChI=1S/C23H20Cl2N2O6/c1-3-4-14-7-13(8-18-22(30)27(11-20(28)29)23(31)26-18)9-19(32-2)21(14)33-12-15-5-6-16(24)10-17(15)25/h3,5-10H,1,4,11-12H2,2H3,(H,26,31)(H,28,29)/b18-8+. The molecule has 1 aliphatic rings. The predicted molar refractivity (Wildman–Crippen MR) is 124 cm³/mol. The molecule has 2 aromatic rings. The number of rotatable bonds is 9. The van der Waals surface area contributed by atoms with Crippen molar-refractivity contribution in [2.24, 2.45) is 0 Å². The van der Waals surface area contributed by atoms with Gasteiger partial charge in [-0.3, -0.25) is 9.59 Å². The van der Waals surface area contributed by atoms with Crippen LogP contribution in [0.4, 0.5) is 4.79 Å². The molecular weight excluding hydrogens is 471 g/mol. The quantitative estimate of drug-likeness (QED) is 0.308. The Bertz CT molecular complexity index is 1160. The molecule has 0 atom stereocenters. The highest BCUT2D eigenvalue weighted by Gasteiger charge is 2.35. The van der Waals surface area contributed by atoms with E-state index in [2.05, 4.69) is 11.9 Å². The van der Waals surface area contributed by atoms with E-state index in [1.54, 1.807) is 36.4 Å². The third kappa shape index (κ3) is 5.66. The Morgan fingerprint density at radius 2 is 1.97 bits per heavy atom. The molecule has 0 spiro atoms. The molecule has 1 aliphatic heterocycles. The SMILES string of the molecule is C=CCc1cc(/C=C2/NC(=O)N(CC(=O)O)C2=O)cc(OC)c1OCc1ccc(Cl)cc1Cl. The molecule has 2 aromatic carbocycles. The van der Waals surface area contributed by atoms with Crippen LogP contribution in [0.15, 0.2) is 48.7 Å². The molecule has 3 rings (SSSR count). The van der Waals surface area contributed by atoms with Crippen molar-refractivity contribution in [3.05, 3.63) is 75.4 Å².